The molecule has 1 saturated heterocycles. The van der Waals surface area contributed by atoms with Crippen molar-refractivity contribution in [2.45, 2.75) is 65.1 Å². The SMILES string of the molecule is CC(C)N1CCCCC1c1nc2cccnc2n1C(C)C. The Hall–Kier alpha value is -1.42. The smallest absolute Gasteiger partial charge is 0.160 e. The first-order chi connectivity index (χ1) is 10.1. The fourth-order valence-corrected chi connectivity index (χ4v) is 3.54. The van der Waals surface area contributed by atoms with Crippen LogP contribution < -0.4 is 0 Å². The van der Waals surface area contributed by atoms with Gasteiger partial charge in [0.1, 0.15) is 11.3 Å². The lowest BCUT2D eigenvalue weighted by Crippen LogP contribution is -2.39. The predicted molar refractivity (Wildman–Crippen MR) is 86.3 cm³/mol. The molecule has 1 fully saturated rings. The summed E-state index contributed by atoms with van der Waals surface area (Å²) >= 11 is 0. The molecule has 0 saturated carbocycles. The van der Waals surface area contributed by atoms with Crippen LogP contribution in [0.1, 0.15) is 64.9 Å². The van der Waals surface area contributed by atoms with Crippen LogP contribution in [0, 0.1) is 0 Å². The standard InChI is InChI=1S/C17H26N4/c1-12(2)20-11-6-5-9-15(20)17-19-14-8-7-10-18-16(14)21(17)13(3)4/h7-8,10,12-13,15H,5-6,9,11H2,1-4H3. The Morgan fingerprint density at radius 1 is 1.14 bits per heavy atom. The number of aromatic nitrogens is 3. The molecule has 0 aliphatic carbocycles. The number of imidazole rings is 1. The number of fused-ring (bicyclic) bond motifs is 1. The van der Waals surface area contributed by atoms with Gasteiger partial charge in [-0.15, -0.1) is 0 Å². The highest BCUT2D eigenvalue weighted by Crippen LogP contribution is 2.34. The summed E-state index contributed by atoms with van der Waals surface area (Å²) < 4.78 is 2.33. The summed E-state index contributed by atoms with van der Waals surface area (Å²) in [5.41, 5.74) is 2.05. The van der Waals surface area contributed by atoms with Crippen molar-refractivity contribution in [3.8, 4) is 0 Å². The van der Waals surface area contributed by atoms with Crippen LogP contribution in [0.5, 0.6) is 0 Å². The molecule has 4 heteroatoms. The lowest BCUT2D eigenvalue weighted by Gasteiger charge is -2.38. The van der Waals surface area contributed by atoms with Gasteiger partial charge in [0.25, 0.3) is 0 Å². The molecule has 0 N–H and O–H groups in total. The Labute approximate surface area is 127 Å². The quantitative estimate of drug-likeness (QED) is 0.856. The fourth-order valence-electron chi connectivity index (χ4n) is 3.54. The van der Waals surface area contributed by atoms with Gasteiger partial charge in [0, 0.05) is 18.3 Å². The van der Waals surface area contributed by atoms with Crippen molar-refractivity contribution in [2.24, 2.45) is 0 Å². The lowest BCUT2D eigenvalue weighted by atomic mass is 9.99. The van der Waals surface area contributed by atoms with Crippen LogP contribution in [0.15, 0.2) is 18.3 Å². The van der Waals surface area contributed by atoms with Crippen molar-refractivity contribution in [3.63, 3.8) is 0 Å². The second kappa shape index (κ2) is 5.76. The normalized spacial score (nSPS) is 20.8. The Kier molecular flexibility index (Phi) is 3.98. The van der Waals surface area contributed by atoms with Gasteiger partial charge >= 0.3 is 0 Å². The van der Waals surface area contributed by atoms with E-state index in [1.165, 1.54) is 31.6 Å². The van der Waals surface area contributed by atoms with Crippen molar-refractivity contribution in [3.05, 3.63) is 24.2 Å². The molecule has 0 radical (unpaired) electrons. The first-order valence-corrected chi connectivity index (χ1v) is 8.18. The van der Waals surface area contributed by atoms with E-state index < -0.39 is 0 Å². The molecule has 0 spiro atoms. The van der Waals surface area contributed by atoms with Gasteiger partial charge in [-0.05, 0) is 59.2 Å². The third kappa shape index (κ3) is 2.57. The Morgan fingerprint density at radius 2 is 1.95 bits per heavy atom. The molecule has 114 valence electrons. The molecule has 0 aromatic carbocycles. The van der Waals surface area contributed by atoms with Crippen LogP contribution in [0.2, 0.25) is 0 Å². The summed E-state index contributed by atoms with van der Waals surface area (Å²) in [4.78, 5) is 12.1. The van der Waals surface area contributed by atoms with Gasteiger partial charge in [-0.2, -0.15) is 0 Å². The van der Waals surface area contributed by atoms with Crippen LogP contribution in [0.4, 0.5) is 0 Å². The third-order valence-corrected chi connectivity index (χ3v) is 4.50. The zero-order valence-electron chi connectivity index (χ0n) is 13.6. The van der Waals surface area contributed by atoms with E-state index in [0.29, 0.717) is 18.1 Å². The van der Waals surface area contributed by atoms with E-state index in [0.717, 1.165) is 11.2 Å². The summed E-state index contributed by atoms with van der Waals surface area (Å²) in [6, 6.07) is 5.42. The van der Waals surface area contributed by atoms with E-state index >= 15 is 0 Å². The number of rotatable bonds is 3. The van der Waals surface area contributed by atoms with E-state index in [9.17, 15) is 0 Å². The summed E-state index contributed by atoms with van der Waals surface area (Å²) in [6.45, 7) is 10.2. The number of likely N-dealkylation sites (tertiary alicyclic amines) is 1. The number of hydrogen-bond donors (Lipinski definition) is 0. The molecule has 1 aliphatic heterocycles. The van der Waals surface area contributed by atoms with Gasteiger partial charge in [0.2, 0.25) is 0 Å². The van der Waals surface area contributed by atoms with Gasteiger partial charge in [-0.25, -0.2) is 9.97 Å². The topological polar surface area (TPSA) is 34.0 Å². The molecule has 3 heterocycles. The number of hydrogen-bond acceptors (Lipinski definition) is 3. The van der Waals surface area contributed by atoms with Gasteiger partial charge in [-0.3, -0.25) is 4.90 Å². The summed E-state index contributed by atoms with van der Waals surface area (Å²) in [7, 11) is 0. The second-order valence-corrected chi connectivity index (χ2v) is 6.62. The minimum atomic E-state index is 0.385. The predicted octanol–water partition coefficient (Wildman–Crippen LogP) is 3.95. The fraction of sp³-hybridized carbons (Fsp3) is 0.647. The highest BCUT2D eigenvalue weighted by molar-refractivity contribution is 5.71. The summed E-state index contributed by atoms with van der Waals surface area (Å²) in [6.07, 6.45) is 5.67. The Balaban J connectivity index is 2.12. The minimum absolute atomic E-state index is 0.385. The lowest BCUT2D eigenvalue weighted by molar-refractivity contribution is 0.103. The molecule has 0 amide bonds. The zero-order chi connectivity index (χ0) is 15.0. The van der Waals surface area contributed by atoms with Crippen LogP contribution in [-0.4, -0.2) is 32.0 Å². The molecule has 3 rings (SSSR count). The first-order valence-electron chi connectivity index (χ1n) is 8.18. The number of piperidine rings is 1. The molecule has 0 bridgehead atoms. The molecule has 1 unspecified atom stereocenters. The van der Waals surface area contributed by atoms with Gasteiger partial charge in [0.15, 0.2) is 5.65 Å². The van der Waals surface area contributed by atoms with Crippen molar-refractivity contribution >= 4 is 11.2 Å². The monoisotopic (exact) mass is 286 g/mol. The van der Waals surface area contributed by atoms with Crippen LogP contribution >= 0.6 is 0 Å². The highest BCUT2D eigenvalue weighted by atomic mass is 15.3. The first kappa shape index (κ1) is 14.5. The van der Waals surface area contributed by atoms with Gasteiger partial charge in [-0.1, -0.05) is 6.42 Å². The zero-order valence-corrected chi connectivity index (χ0v) is 13.6. The average molecular weight is 286 g/mol. The molecule has 1 aliphatic rings. The molecule has 1 atom stereocenters. The maximum Gasteiger partial charge on any atom is 0.160 e. The number of pyridine rings is 1. The largest absolute Gasteiger partial charge is 0.309 e. The van der Waals surface area contributed by atoms with E-state index in [4.69, 9.17) is 4.98 Å². The molecule has 2 aromatic rings. The maximum atomic E-state index is 4.95. The van der Waals surface area contributed by atoms with Crippen LogP contribution in [0.3, 0.4) is 0 Å². The van der Waals surface area contributed by atoms with Crippen molar-refractivity contribution in [2.75, 3.05) is 6.54 Å². The highest BCUT2D eigenvalue weighted by Gasteiger charge is 2.30. The number of nitrogens with zero attached hydrogens (tertiary/aromatic N) is 4. The van der Waals surface area contributed by atoms with E-state index in [-0.39, 0.29) is 0 Å². The Bertz CT molecular complexity index is 614. The van der Waals surface area contributed by atoms with Crippen LogP contribution in [0.25, 0.3) is 11.2 Å². The molecular formula is C17H26N4. The molecule has 2 aromatic heterocycles. The summed E-state index contributed by atoms with van der Waals surface area (Å²) in [5, 5.41) is 0. The summed E-state index contributed by atoms with van der Waals surface area (Å²) in [5.74, 6) is 1.20. The molecule has 4 nitrogen and oxygen atoms in total. The van der Waals surface area contributed by atoms with E-state index in [1.54, 1.807) is 0 Å². The van der Waals surface area contributed by atoms with E-state index in [2.05, 4.69) is 48.2 Å². The Morgan fingerprint density at radius 3 is 2.67 bits per heavy atom. The third-order valence-electron chi connectivity index (χ3n) is 4.50. The second-order valence-electron chi connectivity index (χ2n) is 6.62. The van der Waals surface area contributed by atoms with Crippen molar-refractivity contribution in [1.29, 1.82) is 0 Å². The molecular weight excluding hydrogens is 260 g/mol. The van der Waals surface area contributed by atoms with Crippen molar-refractivity contribution in [1.82, 2.24) is 19.4 Å². The van der Waals surface area contributed by atoms with Gasteiger partial charge < -0.3 is 4.57 Å². The maximum absolute atomic E-state index is 4.95. The molecule has 21 heavy (non-hydrogen) atoms. The van der Waals surface area contributed by atoms with Crippen LogP contribution in [-0.2, 0) is 0 Å². The van der Waals surface area contributed by atoms with E-state index in [1.807, 2.05) is 12.3 Å². The van der Waals surface area contributed by atoms with Crippen molar-refractivity contribution < 1.29 is 0 Å². The minimum Gasteiger partial charge on any atom is -0.309 e. The average Bonchev–Trinajstić information content (AvgIpc) is 2.86. The van der Waals surface area contributed by atoms with Gasteiger partial charge in [0.05, 0.1) is 6.04 Å².